The fourth-order valence-electron chi connectivity index (χ4n) is 3.01. The molecule has 1 atom stereocenters. The van der Waals surface area contributed by atoms with E-state index in [2.05, 4.69) is 0 Å². The second-order valence-electron chi connectivity index (χ2n) is 5.67. The van der Waals surface area contributed by atoms with E-state index in [-0.39, 0.29) is 28.7 Å². The van der Waals surface area contributed by atoms with Crippen LogP contribution in [-0.2, 0) is 4.74 Å². The van der Waals surface area contributed by atoms with Crippen LogP contribution in [0.3, 0.4) is 0 Å². The molecule has 110 valence electrons. The van der Waals surface area contributed by atoms with Crippen molar-refractivity contribution in [3.63, 3.8) is 0 Å². The Balaban J connectivity index is 1.78. The van der Waals surface area contributed by atoms with Crippen LogP contribution in [0.4, 0.5) is 5.69 Å². The lowest BCUT2D eigenvalue weighted by atomic mass is 9.74. The molecule has 0 amide bonds. The lowest BCUT2D eigenvalue weighted by Gasteiger charge is -2.46. The summed E-state index contributed by atoms with van der Waals surface area (Å²) in [6.07, 6.45) is 4.71. The third-order valence-electron chi connectivity index (χ3n) is 4.29. The summed E-state index contributed by atoms with van der Waals surface area (Å²) >= 11 is 0. The van der Waals surface area contributed by atoms with E-state index in [1.54, 1.807) is 6.07 Å². The number of hydrogen-bond donors (Lipinski definition) is 0. The summed E-state index contributed by atoms with van der Waals surface area (Å²) in [5.74, 6) is 0.236. The first-order chi connectivity index (χ1) is 10.1. The van der Waals surface area contributed by atoms with Gasteiger partial charge in [-0.25, -0.2) is 0 Å². The molecule has 1 aliphatic carbocycles. The average Bonchev–Trinajstić information content (AvgIpc) is 2.46. The van der Waals surface area contributed by atoms with E-state index in [4.69, 9.17) is 14.7 Å². The Morgan fingerprint density at radius 2 is 2.29 bits per heavy atom. The van der Waals surface area contributed by atoms with Crippen molar-refractivity contribution < 1.29 is 14.4 Å². The molecule has 0 N–H and O–H groups in total. The number of nitro benzene ring substituents is 1. The maximum atomic E-state index is 11.1. The van der Waals surface area contributed by atoms with Crippen molar-refractivity contribution in [1.29, 1.82) is 5.26 Å². The average molecular weight is 288 g/mol. The van der Waals surface area contributed by atoms with Gasteiger partial charge in [0.15, 0.2) is 5.75 Å². The molecule has 0 radical (unpaired) electrons. The number of nitriles is 1. The minimum absolute atomic E-state index is 0.0642. The molecule has 1 heterocycles. The molecular formula is C15H16N2O4. The molecule has 2 fully saturated rings. The highest BCUT2D eigenvalue weighted by molar-refractivity contribution is 5.51. The van der Waals surface area contributed by atoms with Crippen LogP contribution in [0, 0.1) is 21.4 Å². The predicted octanol–water partition coefficient (Wildman–Crippen LogP) is 2.95. The van der Waals surface area contributed by atoms with Crippen molar-refractivity contribution in [2.75, 3.05) is 6.61 Å². The number of ether oxygens (including phenoxy) is 2. The van der Waals surface area contributed by atoms with Gasteiger partial charge in [-0.1, -0.05) is 0 Å². The van der Waals surface area contributed by atoms with Crippen molar-refractivity contribution in [3.05, 3.63) is 33.9 Å². The van der Waals surface area contributed by atoms with Gasteiger partial charge in [0.1, 0.15) is 6.10 Å². The smallest absolute Gasteiger partial charge is 0.312 e. The van der Waals surface area contributed by atoms with Crippen LogP contribution in [0.25, 0.3) is 0 Å². The molecule has 1 saturated carbocycles. The summed E-state index contributed by atoms with van der Waals surface area (Å²) in [5, 5.41) is 20.0. The molecule has 0 aromatic heterocycles. The molecule has 6 nitrogen and oxygen atoms in total. The number of nitrogens with zero attached hydrogens (tertiary/aromatic N) is 2. The van der Waals surface area contributed by atoms with Crippen molar-refractivity contribution in [2.45, 2.75) is 43.8 Å². The molecule has 6 heteroatoms. The largest absolute Gasteiger partial charge is 0.483 e. The molecule has 3 rings (SSSR count). The fourth-order valence-corrected chi connectivity index (χ4v) is 3.01. The zero-order valence-electron chi connectivity index (χ0n) is 11.6. The lowest BCUT2D eigenvalue weighted by Crippen LogP contribution is -2.48. The Hall–Kier alpha value is -2.13. The first-order valence-electron chi connectivity index (χ1n) is 7.11. The third kappa shape index (κ3) is 2.69. The third-order valence-corrected chi connectivity index (χ3v) is 4.29. The molecule has 1 aromatic carbocycles. The van der Waals surface area contributed by atoms with Crippen molar-refractivity contribution in [1.82, 2.24) is 0 Å². The summed E-state index contributed by atoms with van der Waals surface area (Å²) < 4.78 is 11.7. The topological polar surface area (TPSA) is 85.4 Å². The quantitative estimate of drug-likeness (QED) is 0.630. The van der Waals surface area contributed by atoms with Gasteiger partial charge in [0, 0.05) is 18.9 Å². The Labute approximate surface area is 122 Å². The molecule has 1 unspecified atom stereocenters. The maximum Gasteiger partial charge on any atom is 0.312 e. The first-order valence-corrected chi connectivity index (χ1v) is 7.11. The Kier molecular flexibility index (Phi) is 3.52. The summed E-state index contributed by atoms with van der Waals surface area (Å²) in [7, 11) is 0. The molecule has 1 spiro atoms. The van der Waals surface area contributed by atoms with Crippen LogP contribution in [0.15, 0.2) is 18.2 Å². The number of rotatable bonds is 3. The second-order valence-corrected chi connectivity index (χ2v) is 5.67. The van der Waals surface area contributed by atoms with Gasteiger partial charge in [-0.3, -0.25) is 10.1 Å². The van der Waals surface area contributed by atoms with E-state index >= 15 is 0 Å². The van der Waals surface area contributed by atoms with Gasteiger partial charge in [0.25, 0.3) is 0 Å². The lowest BCUT2D eigenvalue weighted by molar-refractivity contribution is -0.386. The van der Waals surface area contributed by atoms with Crippen molar-refractivity contribution >= 4 is 5.69 Å². The zero-order valence-corrected chi connectivity index (χ0v) is 11.6. The second kappa shape index (κ2) is 5.34. The van der Waals surface area contributed by atoms with E-state index in [0.717, 1.165) is 25.7 Å². The highest BCUT2D eigenvalue weighted by Gasteiger charge is 2.43. The van der Waals surface area contributed by atoms with Crippen LogP contribution >= 0.6 is 0 Å². The summed E-state index contributed by atoms with van der Waals surface area (Å²) in [4.78, 5) is 10.6. The van der Waals surface area contributed by atoms with Gasteiger partial charge in [-0.2, -0.15) is 5.26 Å². The van der Waals surface area contributed by atoms with Gasteiger partial charge < -0.3 is 9.47 Å². The molecule has 0 bridgehead atoms. The molecular weight excluding hydrogens is 272 g/mol. The molecule has 21 heavy (non-hydrogen) atoms. The molecule has 1 aliphatic heterocycles. The number of benzene rings is 1. The van der Waals surface area contributed by atoms with Gasteiger partial charge >= 0.3 is 5.69 Å². The normalized spacial score (nSPS) is 23.1. The molecule has 2 aliphatic rings. The standard InChI is InChI=1S/C15H16N2O4/c16-10-11-2-3-14(13(8-11)17(18)19)21-12-4-7-20-15(9-12)5-1-6-15/h2-3,8,12H,1,4-7,9H2. The van der Waals surface area contributed by atoms with E-state index in [1.165, 1.54) is 18.6 Å². The van der Waals surface area contributed by atoms with Crippen LogP contribution in [0.2, 0.25) is 0 Å². The van der Waals surface area contributed by atoms with Gasteiger partial charge in [0.05, 0.1) is 28.8 Å². The van der Waals surface area contributed by atoms with E-state index in [9.17, 15) is 10.1 Å². The first kappa shape index (κ1) is 13.8. The Morgan fingerprint density at radius 3 is 2.90 bits per heavy atom. The Morgan fingerprint density at radius 1 is 1.48 bits per heavy atom. The van der Waals surface area contributed by atoms with Crippen molar-refractivity contribution in [2.24, 2.45) is 0 Å². The van der Waals surface area contributed by atoms with Crippen LogP contribution in [0.5, 0.6) is 5.75 Å². The Bertz CT molecular complexity index is 604. The molecule has 1 saturated heterocycles. The van der Waals surface area contributed by atoms with Crippen LogP contribution in [-0.4, -0.2) is 23.2 Å². The maximum absolute atomic E-state index is 11.1. The van der Waals surface area contributed by atoms with Gasteiger partial charge in [-0.15, -0.1) is 0 Å². The van der Waals surface area contributed by atoms with Crippen LogP contribution in [0.1, 0.15) is 37.7 Å². The highest BCUT2D eigenvalue weighted by atomic mass is 16.6. The van der Waals surface area contributed by atoms with Gasteiger partial charge in [-0.05, 0) is 31.4 Å². The van der Waals surface area contributed by atoms with E-state index < -0.39 is 4.92 Å². The molecule has 1 aromatic rings. The van der Waals surface area contributed by atoms with Gasteiger partial charge in [0.2, 0.25) is 0 Å². The summed E-state index contributed by atoms with van der Waals surface area (Å²) in [6.45, 7) is 0.634. The highest BCUT2D eigenvalue weighted by Crippen LogP contribution is 2.43. The summed E-state index contributed by atoms with van der Waals surface area (Å²) in [5.41, 5.74) is 0.0456. The summed E-state index contributed by atoms with van der Waals surface area (Å²) in [6, 6.07) is 6.22. The van der Waals surface area contributed by atoms with E-state index in [1.807, 2.05) is 6.07 Å². The van der Waals surface area contributed by atoms with Crippen molar-refractivity contribution in [3.8, 4) is 11.8 Å². The minimum atomic E-state index is -0.505. The predicted molar refractivity (Wildman–Crippen MR) is 74.0 cm³/mol. The fraction of sp³-hybridized carbons (Fsp3) is 0.533. The SMILES string of the molecule is N#Cc1ccc(OC2CCOC3(CCC3)C2)c([N+](=O)[O-])c1. The number of nitro groups is 1. The minimum Gasteiger partial charge on any atom is -0.483 e. The van der Waals surface area contributed by atoms with Crippen LogP contribution < -0.4 is 4.74 Å². The van der Waals surface area contributed by atoms with E-state index in [0.29, 0.717) is 6.61 Å². The monoisotopic (exact) mass is 288 g/mol. The zero-order chi connectivity index (χ0) is 14.9. The number of hydrogen-bond acceptors (Lipinski definition) is 5.